The molecule has 0 aliphatic heterocycles. The van der Waals surface area contributed by atoms with Crippen LogP contribution < -0.4 is 5.43 Å². The number of carbonyl (C=O) groups excluding carboxylic acids is 1. The minimum Gasteiger partial charge on any atom is -0.271 e. The Bertz CT molecular complexity index is 287. The summed E-state index contributed by atoms with van der Waals surface area (Å²) in [7, 11) is 1.41. The van der Waals surface area contributed by atoms with Crippen LogP contribution in [0.5, 0.6) is 0 Å². The van der Waals surface area contributed by atoms with Gasteiger partial charge in [0.2, 0.25) is 0 Å². The van der Waals surface area contributed by atoms with Crippen molar-refractivity contribution in [2.24, 2.45) is 0 Å². The molecule has 0 atom stereocenters. The summed E-state index contributed by atoms with van der Waals surface area (Å²) in [5.41, 5.74) is 5.01. The number of carbonyl (C=O) groups is 1. The molecule has 1 rings (SSSR count). The molecule has 1 radical (unpaired) electrons. The fourth-order valence-corrected chi connectivity index (χ4v) is 1.02. The zero-order valence-corrected chi connectivity index (χ0v) is 8.30. The molecule has 0 N–H and O–H groups in total. The molecule has 0 fully saturated rings. The summed E-state index contributed by atoms with van der Waals surface area (Å²) in [5, 5.41) is 0.979. The molecule has 1 amide bonds. The van der Waals surface area contributed by atoms with Crippen LogP contribution in [0.15, 0.2) is 30.3 Å². The minimum atomic E-state index is -0.233. The number of rotatable bonds is 4. The average molecular weight is 193 g/mol. The highest BCUT2D eigenvalue weighted by atomic mass is 16.7. The number of nitrogens with zero attached hydrogens (tertiary/aromatic N) is 2. The van der Waals surface area contributed by atoms with E-state index in [9.17, 15) is 4.79 Å². The van der Waals surface area contributed by atoms with Crippen LogP contribution in [0.4, 0.5) is 0 Å². The van der Waals surface area contributed by atoms with Gasteiger partial charge in [0.1, 0.15) is 0 Å². The molecule has 75 valence electrons. The fourth-order valence-electron chi connectivity index (χ4n) is 1.02. The normalized spacial score (nSPS) is 9.86. The van der Waals surface area contributed by atoms with Crippen LogP contribution in [0.2, 0.25) is 0 Å². The molecular formula is C10H13N2O2. The molecule has 0 aromatic heterocycles. The second kappa shape index (κ2) is 5.36. The van der Waals surface area contributed by atoms with Crippen molar-refractivity contribution < 1.29 is 9.63 Å². The van der Waals surface area contributed by atoms with Crippen molar-refractivity contribution in [2.45, 2.75) is 13.5 Å². The number of hydrogen-bond donors (Lipinski definition) is 0. The first-order valence-corrected chi connectivity index (χ1v) is 4.30. The van der Waals surface area contributed by atoms with Crippen LogP contribution in [-0.4, -0.2) is 18.2 Å². The third-order valence-electron chi connectivity index (χ3n) is 1.67. The Morgan fingerprint density at radius 3 is 2.57 bits per heavy atom. The molecule has 1 aromatic carbocycles. The van der Waals surface area contributed by atoms with Gasteiger partial charge in [-0.2, -0.15) is 0 Å². The summed E-state index contributed by atoms with van der Waals surface area (Å²) < 4.78 is 0. The lowest BCUT2D eigenvalue weighted by Gasteiger charge is -2.15. The van der Waals surface area contributed by atoms with Crippen LogP contribution >= 0.6 is 0 Å². The molecule has 0 bridgehead atoms. The molecular weight excluding hydrogens is 180 g/mol. The predicted molar refractivity (Wildman–Crippen MR) is 51.8 cm³/mol. The maximum atomic E-state index is 10.9. The average Bonchev–Trinajstić information content (AvgIpc) is 2.20. The van der Waals surface area contributed by atoms with E-state index in [1.54, 1.807) is 0 Å². The van der Waals surface area contributed by atoms with E-state index < -0.39 is 0 Å². The van der Waals surface area contributed by atoms with Gasteiger partial charge in [0.15, 0.2) is 0 Å². The SMILES string of the molecule is CON([N]Cc1ccccc1)C(C)=O. The molecule has 14 heavy (non-hydrogen) atoms. The van der Waals surface area contributed by atoms with Crippen LogP contribution in [0, 0.1) is 0 Å². The molecule has 0 unspecified atom stereocenters. The zero-order valence-electron chi connectivity index (χ0n) is 8.30. The van der Waals surface area contributed by atoms with E-state index in [0.29, 0.717) is 6.54 Å². The second-order valence-electron chi connectivity index (χ2n) is 2.76. The summed E-state index contributed by atoms with van der Waals surface area (Å²) in [5.74, 6) is -0.233. The molecule has 4 nitrogen and oxygen atoms in total. The summed E-state index contributed by atoms with van der Waals surface area (Å²) in [4.78, 5) is 15.7. The number of benzene rings is 1. The maximum Gasteiger partial charge on any atom is 0.259 e. The van der Waals surface area contributed by atoms with E-state index >= 15 is 0 Å². The molecule has 0 heterocycles. The minimum absolute atomic E-state index is 0.233. The van der Waals surface area contributed by atoms with Crippen LogP contribution in [0.25, 0.3) is 0 Å². The van der Waals surface area contributed by atoms with Crippen LogP contribution in [0.3, 0.4) is 0 Å². The van der Waals surface area contributed by atoms with E-state index in [1.807, 2.05) is 30.3 Å². The summed E-state index contributed by atoms with van der Waals surface area (Å²) in [6.07, 6.45) is 0. The molecule has 4 heteroatoms. The van der Waals surface area contributed by atoms with Crippen molar-refractivity contribution in [2.75, 3.05) is 7.11 Å². The Morgan fingerprint density at radius 1 is 1.43 bits per heavy atom. The standard InChI is InChI=1S/C10H13N2O2/c1-9(13)12(14-2)11-8-10-6-4-3-5-7-10/h3-7H,8H2,1-2H3. The first-order chi connectivity index (χ1) is 6.74. The summed E-state index contributed by atoms with van der Waals surface area (Å²) in [6.45, 7) is 1.84. The van der Waals surface area contributed by atoms with Gasteiger partial charge in [-0.05, 0) is 5.56 Å². The van der Waals surface area contributed by atoms with Gasteiger partial charge in [-0.1, -0.05) is 30.3 Å². The van der Waals surface area contributed by atoms with Crippen LogP contribution in [0.1, 0.15) is 12.5 Å². The van der Waals surface area contributed by atoms with Crippen molar-refractivity contribution in [3.8, 4) is 0 Å². The lowest BCUT2D eigenvalue weighted by Crippen LogP contribution is -2.34. The van der Waals surface area contributed by atoms with Gasteiger partial charge in [0.05, 0.1) is 13.7 Å². The van der Waals surface area contributed by atoms with E-state index in [-0.39, 0.29) is 5.91 Å². The fraction of sp³-hybridized carbons (Fsp3) is 0.300. The number of hydrogen-bond acceptors (Lipinski definition) is 2. The van der Waals surface area contributed by atoms with Gasteiger partial charge in [-0.15, -0.1) is 10.6 Å². The lowest BCUT2D eigenvalue weighted by molar-refractivity contribution is -0.193. The third-order valence-corrected chi connectivity index (χ3v) is 1.67. The second-order valence-corrected chi connectivity index (χ2v) is 2.76. The van der Waals surface area contributed by atoms with Gasteiger partial charge in [-0.25, -0.2) is 0 Å². The highest BCUT2D eigenvalue weighted by Crippen LogP contribution is 1.99. The van der Waals surface area contributed by atoms with E-state index in [4.69, 9.17) is 4.84 Å². The number of amides is 1. The number of hydroxylamine groups is 1. The monoisotopic (exact) mass is 193 g/mol. The zero-order chi connectivity index (χ0) is 10.4. The Labute approximate surface area is 83.4 Å². The summed E-state index contributed by atoms with van der Waals surface area (Å²) >= 11 is 0. The Kier molecular flexibility index (Phi) is 4.10. The van der Waals surface area contributed by atoms with Gasteiger partial charge in [-0.3, -0.25) is 9.63 Å². The van der Waals surface area contributed by atoms with Gasteiger partial charge >= 0.3 is 0 Å². The quantitative estimate of drug-likeness (QED) is 0.672. The van der Waals surface area contributed by atoms with E-state index in [1.165, 1.54) is 14.0 Å². The van der Waals surface area contributed by atoms with E-state index in [2.05, 4.69) is 5.43 Å². The highest BCUT2D eigenvalue weighted by molar-refractivity contribution is 5.71. The van der Waals surface area contributed by atoms with Crippen molar-refractivity contribution in [1.29, 1.82) is 0 Å². The molecule has 0 aliphatic rings. The summed E-state index contributed by atoms with van der Waals surface area (Å²) in [6, 6.07) is 9.67. The first-order valence-electron chi connectivity index (χ1n) is 4.30. The molecule has 0 spiro atoms. The van der Waals surface area contributed by atoms with Gasteiger partial charge in [0.25, 0.3) is 5.91 Å². The predicted octanol–water partition coefficient (Wildman–Crippen LogP) is 1.12. The van der Waals surface area contributed by atoms with Crippen LogP contribution in [-0.2, 0) is 16.2 Å². The molecule has 0 saturated carbocycles. The largest absolute Gasteiger partial charge is 0.271 e. The Morgan fingerprint density at radius 2 is 2.07 bits per heavy atom. The maximum absolute atomic E-state index is 10.9. The van der Waals surface area contributed by atoms with Crippen molar-refractivity contribution in [3.63, 3.8) is 0 Å². The van der Waals surface area contributed by atoms with Crippen molar-refractivity contribution in [1.82, 2.24) is 10.6 Å². The molecule has 0 aliphatic carbocycles. The van der Waals surface area contributed by atoms with Crippen molar-refractivity contribution in [3.05, 3.63) is 35.9 Å². The van der Waals surface area contributed by atoms with Gasteiger partial charge in [0, 0.05) is 6.92 Å². The first kappa shape index (κ1) is 10.7. The highest BCUT2D eigenvalue weighted by Gasteiger charge is 2.07. The van der Waals surface area contributed by atoms with Crippen molar-refractivity contribution >= 4 is 5.91 Å². The lowest BCUT2D eigenvalue weighted by atomic mass is 10.2. The molecule has 1 aromatic rings. The smallest absolute Gasteiger partial charge is 0.259 e. The Balaban J connectivity index is 2.44. The Hall–Kier alpha value is -1.39. The third kappa shape index (κ3) is 3.16. The van der Waals surface area contributed by atoms with E-state index in [0.717, 1.165) is 10.7 Å². The van der Waals surface area contributed by atoms with Gasteiger partial charge < -0.3 is 0 Å². The topological polar surface area (TPSA) is 43.6 Å². The molecule has 0 saturated heterocycles.